The van der Waals surface area contributed by atoms with Crippen LogP contribution in [0, 0.1) is 5.82 Å². The lowest BCUT2D eigenvalue weighted by Gasteiger charge is -2.50. The van der Waals surface area contributed by atoms with Crippen LogP contribution in [0.3, 0.4) is 0 Å². The maximum atomic E-state index is 14.1. The third kappa shape index (κ3) is 6.41. The summed E-state index contributed by atoms with van der Waals surface area (Å²) in [6, 6.07) is 9.31. The fourth-order valence-electron chi connectivity index (χ4n) is 6.77. The number of hydrogen-bond donors (Lipinski definition) is 2. The standard InChI is InChI=1S/C31H44FN5O4/c1-19-13-35(29(12-33-19)23(5)36-20(2)16-40-17-21(36)3)14-30(39)37-22(4)18-41-31-28(37)11-25(27(15-38)34-31)10-24-6-8-26(32)9-7-24/h6-9,11,19-23,29,33,38H,10,12-18H2,1-5H3/t19-,20-,21-,22+,23?,29-/m1/s1. The second-order valence-corrected chi connectivity index (χ2v) is 12.0. The second-order valence-electron chi connectivity index (χ2n) is 12.0. The molecule has 9 nitrogen and oxygen atoms in total. The molecule has 10 heteroatoms. The molecule has 0 aliphatic carbocycles. The van der Waals surface area contributed by atoms with Gasteiger partial charge in [0.15, 0.2) is 0 Å². The molecule has 0 radical (unpaired) electrons. The van der Waals surface area contributed by atoms with Gasteiger partial charge >= 0.3 is 0 Å². The summed E-state index contributed by atoms with van der Waals surface area (Å²) < 4.78 is 25.2. The number of anilines is 1. The van der Waals surface area contributed by atoms with Gasteiger partial charge in [0.2, 0.25) is 11.8 Å². The third-order valence-electron chi connectivity index (χ3n) is 8.78. The fourth-order valence-corrected chi connectivity index (χ4v) is 6.77. The van der Waals surface area contributed by atoms with E-state index >= 15 is 0 Å². The lowest BCUT2D eigenvalue weighted by Crippen LogP contribution is -2.67. The van der Waals surface area contributed by atoms with Gasteiger partial charge in [-0.25, -0.2) is 9.37 Å². The zero-order chi connectivity index (χ0) is 29.3. The average molecular weight is 570 g/mol. The first kappa shape index (κ1) is 29.8. The van der Waals surface area contributed by atoms with E-state index in [2.05, 4.69) is 47.8 Å². The number of ether oxygens (including phenoxy) is 2. The van der Waals surface area contributed by atoms with Crippen molar-refractivity contribution >= 4 is 11.6 Å². The van der Waals surface area contributed by atoms with Crippen LogP contribution in [0.2, 0.25) is 0 Å². The summed E-state index contributed by atoms with van der Waals surface area (Å²) in [5.74, 6) is 0.0618. The highest BCUT2D eigenvalue weighted by atomic mass is 19.1. The number of rotatable bonds is 7. The van der Waals surface area contributed by atoms with Crippen LogP contribution >= 0.6 is 0 Å². The van der Waals surface area contributed by atoms with Crippen LogP contribution < -0.4 is 15.0 Å². The SMILES string of the molecule is CC([C@H]1CN[C@H](C)CN1CC(=O)N1c2cc(Cc3ccc(F)cc3)c(CO)nc2OC[C@@H]1C)N1[C@H](C)COC[C@H]1C. The molecule has 1 unspecified atom stereocenters. The van der Waals surface area contributed by atoms with E-state index in [1.54, 1.807) is 12.1 Å². The number of piperazine rings is 1. The van der Waals surface area contributed by atoms with Crippen LogP contribution in [0.5, 0.6) is 5.88 Å². The van der Waals surface area contributed by atoms with Gasteiger partial charge in [0.1, 0.15) is 18.1 Å². The highest BCUT2D eigenvalue weighted by molar-refractivity contribution is 5.97. The predicted molar refractivity (Wildman–Crippen MR) is 156 cm³/mol. The Bertz CT molecular complexity index is 1200. The summed E-state index contributed by atoms with van der Waals surface area (Å²) in [5.41, 5.74) is 2.79. The van der Waals surface area contributed by atoms with Crippen molar-refractivity contribution in [1.29, 1.82) is 0 Å². The van der Waals surface area contributed by atoms with Gasteiger partial charge in [-0.3, -0.25) is 14.6 Å². The van der Waals surface area contributed by atoms with Crippen molar-refractivity contribution in [3.8, 4) is 5.88 Å². The Labute approximate surface area is 242 Å². The van der Waals surface area contributed by atoms with E-state index in [1.165, 1.54) is 12.1 Å². The molecular weight excluding hydrogens is 525 g/mol. The molecule has 1 amide bonds. The molecule has 3 aliphatic rings. The molecule has 1 aromatic carbocycles. The van der Waals surface area contributed by atoms with Crippen molar-refractivity contribution in [3.63, 3.8) is 0 Å². The summed E-state index contributed by atoms with van der Waals surface area (Å²) >= 11 is 0. The Balaban J connectivity index is 1.40. The number of carbonyl (C=O) groups excluding carboxylic acids is 1. The smallest absolute Gasteiger partial charge is 0.241 e. The summed E-state index contributed by atoms with van der Waals surface area (Å²) in [6.07, 6.45) is 0.456. The van der Waals surface area contributed by atoms with Crippen LogP contribution in [-0.4, -0.2) is 102 Å². The highest BCUT2D eigenvalue weighted by Gasteiger charge is 2.40. The largest absolute Gasteiger partial charge is 0.474 e. The van der Waals surface area contributed by atoms with E-state index < -0.39 is 0 Å². The molecule has 2 fully saturated rings. The first-order valence-electron chi connectivity index (χ1n) is 14.8. The quantitative estimate of drug-likeness (QED) is 0.526. The van der Waals surface area contributed by atoms with Gasteiger partial charge in [-0.1, -0.05) is 12.1 Å². The molecule has 0 saturated carbocycles. The normalized spacial score (nSPS) is 28.2. The molecule has 2 N–H and O–H groups in total. The van der Waals surface area contributed by atoms with Gasteiger partial charge < -0.3 is 24.8 Å². The zero-order valence-corrected chi connectivity index (χ0v) is 24.8. The van der Waals surface area contributed by atoms with Gasteiger partial charge in [0.05, 0.1) is 38.1 Å². The molecule has 6 atom stereocenters. The van der Waals surface area contributed by atoms with E-state index in [-0.39, 0.29) is 49.0 Å². The Hall–Kier alpha value is -2.63. The number of morpholine rings is 1. The van der Waals surface area contributed by atoms with Gasteiger partial charge in [-0.2, -0.15) is 0 Å². The minimum Gasteiger partial charge on any atom is -0.474 e. The number of aromatic nitrogens is 1. The van der Waals surface area contributed by atoms with Crippen molar-refractivity contribution < 1.29 is 23.8 Å². The molecule has 224 valence electrons. The van der Waals surface area contributed by atoms with Crippen molar-refractivity contribution in [1.82, 2.24) is 20.1 Å². The van der Waals surface area contributed by atoms with E-state index in [1.807, 2.05) is 17.9 Å². The first-order chi connectivity index (χ1) is 19.7. The van der Waals surface area contributed by atoms with E-state index in [0.717, 1.165) is 37.4 Å². The summed E-state index contributed by atoms with van der Waals surface area (Å²) in [7, 11) is 0. The number of fused-ring (bicyclic) bond motifs is 1. The van der Waals surface area contributed by atoms with Crippen LogP contribution in [0.15, 0.2) is 30.3 Å². The van der Waals surface area contributed by atoms with Crippen molar-refractivity contribution in [3.05, 3.63) is 53.0 Å². The minimum atomic E-state index is -0.300. The van der Waals surface area contributed by atoms with Crippen molar-refractivity contribution in [2.75, 3.05) is 44.4 Å². The molecule has 0 bridgehead atoms. The van der Waals surface area contributed by atoms with E-state index in [9.17, 15) is 14.3 Å². The van der Waals surface area contributed by atoms with Crippen LogP contribution in [0.1, 0.15) is 51.4 Å². The van der Waals surface area contributed by atoms with Crippen molar-refractivity contribution in [2.24, 2.45) is 0 Å². The van der Waals surface area contributed by atoms with E-state index in [0.29, 0.717) is 42.4 Å². The van der Waals surface area contributed by atoms with Crippen LogP contribution in [0.4, 0.5) is 10.1 Å². The number of hydrogen-bond acceptors (Lipinski definition) is 8. The summed E-state index contributed by atoms with van der Waals surface area (Å²) in [5, 5.41) is 13.7. The average Bonchev–Trinajstić information content (AvgIpc) is 2.93. The Morgan fingerprint density at radius 3 is 2.51 bits per heavy atom. The molecule has 3 aliphatic heterocycles. The molecule has 1 aromatic heterocycles. The number of aliphatic hydroxyl groups excluding tert-OH is 1. The lowest BCUT2D eigenvalue weighted by atomic mass is 9.98. The molecule has 2 saturated heterocycles. The van der Waals surface area contributed by atoms with Crippen LogP contribution in [0.25, 0.3) is 0 Å². The maximum absolute atomic E-state index is 14.1. The number of benzene rings is 1. The molecular formula is C31H44FN5O4. The van der Waals surface area contributed by atoms with Gasteiger partial charge in [-0.15, -0.1) is 0 Å². The maximum Gasteiger partial charge on any atom is 0.241 e. The summed E-state index contributed by atoms with van der Waals surface area (Å²) in [6.45, 7) is 14.2. The number of aliphatic hydroxyl groups is 1. The third-order valence-corrected chi connectivity index (χ3v) is 8.78. The van der Waals surface area contributed by atoms with Gasteiger partial charge in [0, 0.05) is 43.3 Å². The number of halogens is 1. The number of nitrogens with one attached hydrogen (secondary N) is 1. The lowest BCUT2D eigenvalue weighted by molar-refractivity contribution is -0.123. The summed E-state index contributed by atoms with van der Waals surface area (Å²) in [4.78, 5) is 25.4. The number of carbonyl (C=O) groups is 1. The van der Waals surface area contributed by atoms with Gasteiger partial charge in [0.25, 0.3) is 0 Å². The zero-order valence-electron chi connectivity index (χ0n) is 24.8. The molecule has 2 aromatic rings. The minimum absolute atomic E-state index is 0.00250. The molecule has 0 spiro atoms. The highest BCUT2D eigenvalue weighted by Crippen LogP contribution is 2.35. The van der Waals surface area contributed by atoms with Gasteiger partial charge in [-0.05, 0) is 70.4 Å². The number of nitrogens with zero attached hydrogens (tertiary/aromatic N) is 4. The molecule has 4 heterocycles. The monoisotopic (exact) mass is 569 g/mol. The first-order valence-corrected chi connectivity index (χ1v) is 14.8. The number of amides is 1. The fraction of sp³-hybridized carbons (Fsp3) is 0.613. The molecule has 41 heavy (non-hydrogen) atoms. The predicted octanol–water partition coefficient (Wildman–Crippen LogP) is 2.58. The van der Waals surface area contributed by atoms with E-state index in [4.69, 9.17) is 9.47 Å². The Morgan fingerprint density at radius 1 is 1.12 bits per heavy atom. The van der Waals surface area contributed by atoms with Crippen LogP contribution in [-0.2, 0) is 22.6 Å². The Morgan fingerprint density at radius 2 is 1.83 bits per heavy atom. The Kier molecular flexibility index (Phi) is 9.25. The number of pyridine rings is 1. The second kappa shape index (κ2) is 12.7. The topological polar surface area (TPSA) is 90.4 Å². The molecule has 5 rings (SSSR count). The van der Waals surface area contributed by atoms with Crippen molar-refractivity contribution in [2.45, 2.75) is 83.9 Å².